The molecule has 0 aromatic heterocycles. The molecule has 5 heteroatoms. The molecule has 0 unspecified atom stereocenters. The molecule has 0 atom stereocenters. The van der Waals surface area contributed by atoms with Gasteiger partial charge in [0, 0.05) is 10.0 Å². The van der Waals surface area contributed by atoms with E-state index in [1.54, 1.807) is 23.1 Å². The number of hydrogen-bond acceptors (Lipinski definition) is 2. The van der Waals surface area contributed by atoms with E-state index in [0.717, 1.165) is 4.47 Å². The fourth-order valence-corrected chi connectivity index (χ4v) is 2.36. The maximum Gasteiger partial charge on any atom is 0.254 e. The molecule has 1 amide bonds. The van der Waals surface area contributed by atoms with Gasteiger partial charge in [0.2, 0.25) is 0 Å². The van der Waals surface area contributed by atoms with E-state index < -0.39 is 5.60 Å². The van der Waals surface area contributed by atoms with Gasteiger partial charge in [-0.25, -0.2) is 0 Å². The van der Waals surface area contributed by atoms with Gasteiger partial charge in [-0.05, 0) is 40.0 Å². The highest BCUT2D eigenvalue weighted by molar-refractivity contribution is 9.10. The maximum absolute atomic E-state index is 12.1. The van der Waals surface area contributed by atoms with Crippen molar-refractivity contribution in [1.82, 2.24) is 4.90 Å². The predicted octanol–water partition coefficient (Wildman–Crippen LogP) is 2.95. The van der Waals surface area contributed by atoms with Crippen LogP contribution in [0.5, 0.6) is 0 Å². The summed E-state index contributed by atoms with van der Waals surface area (Å²) in [5.41, 5.74) is -0.191. The zero-order chi connectivity index (χ0) is 13.5. The lowest BCUT2D eigenvalue weighted by Gasteiger charge is -2.49. The van der Waals surface area contributed by atoms with Crippen molar-refractivity contribution in [2.75, 3.05) is 13.1 Å². The molecule has 0 bridgehead atoms. The van der Waals surface area contributed by atoms with Crippen LogP contribution in [-0.4, -0.2) is 34.6 Å². The number of nitrogens with zero attached hydrogens (tertiary/aromatic N) is 1. The first-order chi connectivity index (χ1) is 8.33. The van der Waals surface area contributed by atoms with Gasteiger partial charge in [-0.2, -0.15) is 0 Å². The van der Waals surface area contributed by atoms with Crippen LogP contribution in [-0.2, 0) is 0 Å². The summed E-state index contributed by atoms with van der Waals surface area (Å²) in [6, 6.07) is 5.12. The molecule has 2 rings (SSSR count). The Morgan fingerprint density at radius 3 is 2.61 bits per heavy atom. The van der Waals surface area contributed by atoms with E-state index in [2.05, 4.69) is 15.9 Å². The Bertz CT molecular complexity index is 484. The minimum Gasteiger partial charge on any atom is -0.386 e. The standard InChI is InChI=1S/C13H15BrClNO2/c1-8(2)13(18)6-16(7-13)12(17)9-3-4-10(14)11(15)5-9/h3-5,8,18H,6-7H2,1-2H3. The zero-order valence-corrected chi connectivity index (χ0v) is 12.6. The first-order valence-corrected chi connectivity index (χ1v) is 6.97. The molecular formula is C13H15BrClNO2. The smallest absolute Gasteiger partial charge is 0.254 e. The Morgan fingerprint density at radius 2 is 2.11 bits per heavy atom. The first kappa shape index (κ1) is 13.8. The quantitative estimate of drug-likeness (QED) is 0.904. The summed E-state index contributed by atoms with van der Waals surface area (Å²) in [6.45, 7) is 4.69. The summed E-state index contributed by atoms with van der Waals surface area (Å²) in [7, 11) is 0. The van der Waals surface area contributed by atoms with Crippen molar-refractivity contribution in [3.63, 3.8) is 0 Å². The van der Waals surface area contributed by atoms with E-state index in [0.29, 0.717) is 23.7 Å². The normalized spacial score (nSPS) is 17.8. The molecule has 1 heterocycles. The third-order valence-electron chi connectivity index (χ3n) is 3.46. The average Bonchev–Trinajstić information content (AvgIpc) is 2.27. The SMILES string of the molecule is CC(C)C1(O)CN(C(=O)c2ccc(Br)c(Cl)c2)C1. The van der Waals surface area contributed by atoms with Crippen molar-refractivity contribution in [2.24, 2.45) is 5.92 Å². The molecule has 1 aliphatic rings. The number of amides is 1. The molecule has 0 spiro atoms. The number of carbonyl (C=O) groups is 1. The van der Waals surface area contributed by atoms with Crippen LogP contribution in [0.15, 0.2) is 22.7 Å². The third-order valence-corrected chi connectivity index (χ3v) is 4.69. The van der Waals surface area contributed by atoms with Crippen molar-refractivity contribution in [2.45, 2.75) is 19.4 Å². The first-order valence-electron chi connectivity index (χ1n) is 5.80. The molecule has 1 fully saturated rings. The molecule has 98 valence electrons. The largest absolute Gasteiger partial charge is 0.386 e. The van der Waals surface area contributed by atoms with Crippen LogP contribution < -0.4 is 0 Å². The van der Waals surface area contributed by atoms with E-state index in [1.165, 1.54) is 0 Å². The Hall–Kier alpha value is -0.580. The molecule has 1 aliphatic heterocycles. The molecule has 0 radical (unpaired) electrons. The van der Waals surface area contributed by atoms with Gasteiger partial charge in [0.1, 0.15) is 5.60 Å². The summed E-state index contributed by atoms with van der Waals surface area (Å²) < 4.78 is 0.767. The molecule has 1 N–H and O–H groups in total. The molecule has 0 saturated carbocycles. The highest BCUT2D eigenvalue weighted by Gasteiger charge is 2.45. The Kier molecular flexibility index (Phi) is 3.72. The van der Waals surface area contributed by atoms with Crippen molar-refractivity contribution in [3.05, 3.63) is 33.3 Å². The summed E-state index contributed by atoms with van der Waals surface area (Å²) in [6.07, 6.45) is 0. The van der Waals surface area contributed by atoms with Gasteiger partial charge in [-0.1, -0.05) is 25.4 Å². The number of β-amino-alcohol motifs (C(OH)–C–C–N with tert-alkyl or cyclic N) is 1. The summed E-state index contributed by atoms with van der Waals surface area (Å²) in [5, 5.41) is 10.6. The Morgan fingerprint density at radius 1 is 1.50 bits per heavy atom. The van der Waals surface area contributed by atoms with E-state index >= 15 is 0 Å². The lowest BCUT2D eigenvalue weighted by Crippen LogP contribution is -2.65. The van der Waals surface area contributed by atoms with Crippen LogP contribution in [0.25, 0.3) is 0 Å². The Labute approximate surface area is 120 Å². The zero-order valence-electron chi connectivity index (χ0n) is 10.3. The fraction of sp³-hybridized carbons (Fsp3) is 0.462. The maximum atomic E-state index is 12.1. The van der Waals surface area contributed by atoms with Crippen molar-refractivity contribution in [1.29, 1.82) is 0 Å². The van der Waals surface area contributed by atoms with Crippen molar-refractivity contribution < 1.29 is 9.90 Å². The number of rotatable bonds is 2. The van der Waals surface area contributed by atoms with Gasteiger partial charge >= 0.3 is 0 Å². The highest BCUT2D eigenvalue weighted by Crippen LogP contribution is 2.31. The van der Waals surface area contributed by atoms with Gasteiger partial charge in [-0.3, -0.25) is 4.79 Å². The predicted molar refractivity (Wildman–Crippen MR) is 74.8 cm³/mol. The van der Waals surface area contributed by atoms with Crippen molar-refractivity contribution >= 4 is 33.4 Å². The number of aliphatic hydroxyl groups is 1. The molecule has 1 saturated heterocycles. The van der Waals surface area contributed by atoms with Crippen LogP contribution in [0.3, 0.4) is 0 Å². The topological polar surface area (TPSA) is 40.5 Å². The minimum absolute atomic E-state index is 0.0882. The second-order valence-electron chi connectivity index (χ2n) is 5.05. The average molecular weight is 333 g/mol. The minimum atomic E-state index is -0.741. The third kappa shape index (κ3) is 2.42. The van der Waals surface area contributed by atoms with Gasteiger partial charge < -0.3 is 10.0 Å². The summed E-state index contributed by atoms with van der Waals surface area (Å²) in [5.74, 6) is 0.0600. The van der Waals surface area contributed by atoms with Crippen LogP contribution in [0.2, 0.25) is 5.02 Å². The van der Waals surface area contributed by atoms with Crippen molar-refractivity contribution in [3.8, 4) is 0 Å². The monoisotopic (exact) mass is 331 g/mol. The molecule has 1 aromatic carbocycles. The number of likely N-dealkylation sites (tertiary alicyclic amines) is 1. The van der Waals surface area contributed by atoms with Crippen LogP contribution in [0.4, 0.5) is 0 Å². The molecule has 0 aliphatic carbocycles. The number of benzene rings is 1. The second kappa shape index (κ2) is 4.83. The second-order valence-corrected chi connectivity index (χ2v) is 6.31. The lowest BCUT2D eigenvalue weighted by molar-refractivity contribution is -0.110. The van der Waals surface area contributed by atoms with E-state index in [1.807, 2.05) is 13.8 Å². The molecule has 3 nitrogen and oxygen atoms in total. The van der Waals surface area contributed by atoms with E-state index in [9.17, 15) is 9.90 Å². The van der Waals surface area contributed by atoms with Gasteiger partial charge in [0.15, 0.2) is 0 Å². The lowest BCUT2D eigenvalue weighted by atomic mass is 9.82. The molecular weight excluding hydrogens is 318 g/mol. The summed E-state index contributed by atoms with van der Waals surface area (Å²) in [4.78, 5) is 13.8. The van der Waals surface area contributed by atoms with E-state index in [-0.39, 0.29) is 11.8 Å². The number of carbonyl (C=O) groups excluding carboxylic acids is 1. The Balaban J connectivity index is 2.08. The number of hydrogen-bond donors (Lipinski definition) is 1. The van der Waals surface area contributed by atoms with Crippen LogP contribution in [0.1, 0.15) is 24.2 Å². The van der Waals surface area contributed by atoms with Gasteiger partial charge in [0.25, 0.3) is 5.91 Å². The van der Waals surface area contributed by atoms with Gasteiger partial charge in [-0.15, -0.1) is 0 Å². The molecule has 18 heavy (non-hydrogen) atoms. The van der Waals surface area contributed by atoms with Crippen LogP contribution in [0, 0.1) is 5.92 Å². The fourth-order valence-electron chi connectivity index (χ4n) is 1.94. The van der Waals surface area contributed by atoms with Crippen LogP contribution >= 0.6 is 27.5 Å². The molecule has 1 aromatic rings. The van der Waals surface area contributed by atoms with E-state index in [4.69, 9.17) is 11.6 Å². The number of halogens is 2. The summed E-state index contributed by atoms with van der Waals surface area (Å²) >= 11 is 9.25. The highest BCUT2D eigenvalue weighted by atomic mass is 79.9. The van der Waals surface area contributed by atoms with Gasteiger partial charge in [0.05, 0.1) is 18.1 Å².